The third-order valence-corrected chi connectivity index (χ3v) is 3.28. The SMILES string of the molecule is O.c1ccc(-c2cccnn2)cc1.c1ccc(-c2cccnn2)cc1. The summed E-state index contributed by atoms with van der Waals surface area (Å²) in [5.74, 6) is 0. The molecule has 2 N–H and O–H groups in total. The first-order valence-electron chi connectivity index (χ1n) is 7.60. The predicted molar refractivity (Wildman–Crippen MR) is 98.5 cm³/mol. The molecule has 0 amide bonds. The lowest BCUT2D eigenvalue weighted by atomic mass is 10.1. The Morgan fingerprint density at radius 1 is 0.440 bits per heavy atom. The molecule has 0 fully saturated rings. The van der Waals surface area contributed by atoms with Crippen molar-refractivity contribution >= 4 is 0 Å². The molecule has 0 aliphatic rings. The fourth-order valence-corrected chi connectivity index (χ4v) is 2.13. The van der Waals surface area contributed by atoms with Crippen molar-refractivity contribution in [2.75, 3.05) is 0 Å². The molecule has 5 heteroatoms. The summed E-state index contributed by atoms with van der Waals surface area (Å²) in [6, 6.07) is 27.7. The van der Waals surface area contributed by atoms with Gasteiger partial charge in [0.2, 0.25) is 0 Å². The second-order valence-electron chi connectivity index (χ2n) is 4.95. The van der Waals surface area contributed by atoms with Gasteiger partial charge in [0, 0.05) is 23.5 Å². The van der Waals surface area contributed by atoms with Gasteiger partial charge < -0.3 is 5.48 Å². The Kier molecular flexibility index (Phi) is 6.91. The molecule has 25 heavy (non-hydrogen) atoms. The van der Waals surface area contributed by atoms with Crippen LogP contribution in [0.25, 0.3) is 22.5 Å². The smallest absolute Gasteiger partial charge is 0.0929 e. The van der Waals surface area contributed by atoms with Crippen LogP contribution in [-0.2, 0) is 0 Å². The molecule has 0 radical (unpaired) electrons. The molecule has 124 valence electrons. The zero-order chi connectivity index (χ0) is 16.5. The minimum absolute atomic E-state index is 0. The Balaban J connectivity index is 0.000000173. The fraction of sp³-hybridized carbons (Fsp3) is 0. The topological polar surface area (TPSA) is 83.1 Å². The molecule has 2 aromatic heterocycles. The highest BCUT2D eigenvalue weighted by Gasteiger charge is 1.95. The maximum atomic E-state index is 4.00. The maximum absolute atomic E-state index is 4.00. The van der Waals surface area contributed by atoms with E-state index in [0.717, 1.165) is 22.5 Å². The van der Waals surface area contributed by atoms with Gasteiger partial charge in [-0.1, -0.05) is 60.7 Å². The second kappa shape index (κ2) is 9.64. The third kappa shape index (κ3) is 5.30. The minimum Gasteiger partial charge on any atom is -0.412 e. The Morgan fingerprint density at radius 3 is 1.16 bits per heavy atom. The van der Waals surface area contributed by atoms with Crippen molar-refractivity contribution in [2.45, 2.75) is 0 Å². The molecule has 0 bridgehead atoms. The van der Waals surface area contributed by atoms with E-state index >= 15 is 0 Å². The first kappa shape index (κ1) is 17.9. The van der Waals surface area contributed by atoms with Gasteiger partial charge in [0.05, 0.1) is 11.4 Å². The van der Waals surface area contributed by atoms with E-state index in [4.69, 9.17) is 0 Å². The number of benzene rings is 2. The summed E-state index contributed by atoms with van der Waals surface area (Å²) in [4.78, 5) is 0. The molecule has 4 aromatic rings. The number of hydrogen-bond donors (Lipinski definition) is 0. The van der Waals surface area contributed by atoms with Crippen LogP contribution in [0.1, 0.15) is 0 Å². The summed E-state index contributed by atoms with van der Waals surface area (Å²) in [5.41, 5.74) is 4.03. The van der Waals surface area contributed by atoms with Crippen molar-refractivity contribution in [1.29, 1.82) is 0 Å². The molecule has 0 saturated carbocycles. The van der Waals surface area contributed by atoms with E-state index in [9.17, 15) is 0 Å². The molecule has 0 atom stereocenters. The number of hydrogen-bond acceptors (Lipinski definition) is 4. The van der Waals surface area contributed by atoms with Gasteiger partial charge in [0.15, 0.2) is 0 Å². The van der Waals surface area contributed by atoms with Gasteiger partial charge in [0.1, 0.15) is 0 Å². The average molecular weight is 330 g/mol. The summed E-state index contributed by atoms with van der Waals surface area (Å²) in [6.45, 7) is 0. The molecule has 2 heterocycles. The van der Waals surface area contributed by atoms with Crippen molar-refractivity contribution in [1.82, 2.24) is 20.4 Å². The van der Waals surface area contributed by atoms with Crippen LogP contribution in [0.2, 0.25) is 0 Å². The van der Waals surface area contributed by atoms with Gasteiger partial charge >= 0.3 is 0 Å². The Hall–Kier alpha value is -3.44. The number of rotatable bonds is 2. The second-order valence-corrected chi connectivity index (χ2v) is 4.95. The molecular weight excluding hydrogens is 312 g/mol. The molecule has 0 spiro atoms. The normalized spacial score (nSPS) is 9.28. The van der Waals surface area contributed by atoms with Crippen LogP contribution in [0, 0.1) is 0 Å². The lowest BCUT2D eigenvalue weighted by Gasteiger charge is -1.96. The monoisotopic (exact) mass is 330 g/mol. The Labute approximate surface area is 146 Å². The standard InChI is InChI=1S/2C10H8N2.H2O/c2*1-2-5-9(6-3-1)10-7-4-8-11-12-10;/h2*1-8H;1H2. The van der Waals surface area contributed by atoms with E-state index in [-0.39, 0.29) is 5.48 Å². The van der Waals surface area contributed by atoms with Gasteiger partial charge in [0.25, 0.3) is 0 Å². The first-order chi connectivity index (χ1) is 11.9. The van der Waals surface area contributed by atoms with Gasteiger partial charge in [-0.2, -0.15) is 20.4 Å². The highest BCUT2D eigenvalue weighted by Crippen LogP contribution is 2.14. The zero-order valence-corrected chi connectivity index (χ0v) is 13.5. The van der Waals surface area contributed by atoms with Gasteiger partial charge in [-0.05, 0) is 24.3 Å². The van der Waals surface area contributed by atoms with Crippen LogP contribution < -0.4 is 0 Å². The zero-order valence-electron chi connectivity index (χ0n) is 13.5. The molecule has 5 nitrogen and oxygen atoms in total. The van der Waals surface area contributed by atoms with Gasteiger partial charge in [-0.3, -0.25) is 0 Å². The first-order valence-corrected chi connectivity index (χ1v) is 7.60. The number of aromatic nitrogens is 4. The predicted octanol–water partition coefficient (Wildman–Crippen LogP) is 3.46. The molecular formula is C20H18N4O. The van der Waals surface area contributed by atoms with Crippen LogP contribution in [-0.4, -0.2) is 25.9 Å². The minimum atomic E-state index is 0. The largest absolute Gasteiger partial charge is 0.412 e. The van der Waals surface area contributed by atoms with E-state index in [1.165, 1.54) is 0 Å². The fourth-order valence-electron chi connectivity index (χ4n) is 2.13. The summed E-state index contributed by atoms with van der Waals surface area (Å²) < 4.78 is 0. The van der Waals surface area contributed by atoms with Crippen molar-refractivity contribution in [3.05, 3.63) is 97.3 Å². The summed E-state index contributed by atoms with van der Waals surface area (Å²) >= 11 is 0. The Bertz CT molecular complexity index is 692. The van der Waals surface area contributed by atoms with Crippen LogP contribution in [0.15, 0.2) is 97.3 Å². The quantitative estimate of drug-likeness (QED) is 0.563. The van der Waals surface area contributed by atoms with Crippen LogP contribution in [0.4, 0.5) is 0 Å². The summed E-state index contributed by atoms with van der Waals surface area (Å²) in [6.07, 6.45) is 3.35. The van der Waals surface area contributed by atoms with Crippen LogP contribution >= 0.6 is 0 Å². The third-order valence-electron chi connectivity index (χ3n) is 3.28. The van der Waals surface area contributed by atoms with E-state index in [2.05, 4.69) is 20.4 Å². The molecule has 0 saturated heterocycles. The van der Waals surface area contributed by atoms with Crippen LogP contribution in [0.3, 0.4) is 0 Å². The molecule has 0 aliphatic heterocycles. The summed E-state index contributed by atoms with van der Waals surface area (Å²) in [5, 5.41) is 15.6. The maximum Gasteiger partial charge on any atom is 0.0929 e. The highest BCUT2D eigenvalue weighted by atomic mass is 16.0. The van der Waals surface area contributed by atoms with Gasteiger partial charge in [-0.25, -0.2) is 0 Å². The Morgan fingerprint density at radius 2 is 0.840 bits per heavy atom. The average Bonchev–Trinajstić information content (AvgIpc) is 2.71. The van der Waals surface area contributed by atoms with Crippen molar-refractivity contribution < 1.29 is 5.48 Å². The van der Waals surface area contributed by atoms with E-state index in [1.807, 2.05) is 84.9 Å². The van der Waals surface area contributed by atoms with E-state index < -0.39 is 0 Å². The van der Waals surface area contributed by atoms with Crippen molar-refractivity contribution in [3.8, 4) is 22.5 Å². The molecule has 0 unspecified atom stereocenters. The lowest BCUT2D eigenvalue weighted by Crippen LogP contribution is -1.83. The lowest BCUT2D eigenvalue weighted by molar-refractivity contribution is 0.824. The van der Waals surface area contributed by atoms with E-state index in [1.54, 1.807) is 12.4 Å². The van der Waals surface area contributed by atoms with E-state index in [0.29, 0.717) is 0 Å². The van der Waals surface area contributed by atoms with Crippen molar-refractivity contribution in [2.24, 2.45) is 0 Å². The van der Waals surface area contributed by atoms with Crippen LogP contribution in [0.5, 0.6) is 0 Å². The van der Waals surface area contributed by atoms with Crippen molar-refractivity contribution in [3.63, 3.8) is 0 Å². The number of nitrogens with zero attached hydrogens (tertiary/aromatic N) is 4. The molecule has 4 rings (SSSR count). The molecule has 2 aromatic carbocycles. The highest BCUT2D eigenvalue weighted by molar-refractivity contribution is 5.58. The molecule has 0 aliphatic carbocycles. The summed E-state index contributed by atoms with van der Waals surface area (Å²) in [7, 11) is 0. The van der Waals surface area contributed by atoms with Gasteiger partial charge in [-0.15, -0.1) is 0 Å².